The van der Waals surface area contributed by atoms with Crippen LogP contribution in [-0.2, 0) is 12.0 Å². The van der Waals surface area contributed by atoms with Crippen LogP contribution in [0.5, 0.6) is 0 Å². The lowest BCUT2D eigenvalue weighted by Gasteiger charge is -2.33. The van der Waals surface area contributed by atoms with Crippen LogP contribution >= 0.6 is 0 Å². The van der Waals surface area contributed by atoms with Crippen molar-refractivity contribution in [2.24, 2.45) is 0 Å². The number of amides is 2. The van der Waals surface area contributed by atoms with Crippen LogP contribution in [0.15, 0.2) is 24.3 Å². The van der Waals surface area contributed by atoms with E-state index in [9.17, 15) is 4.79 Å². The molecule has 1 spiro atoms. The maximum atomic E-state index is 12.3. The van der Waals surface area contributed by atoms with E-state index in [1.807, 2.05) is 4.90 Å². The van der Waals surface area contributed by atoms with E-state index < -0.39 is 0 Å². The highest BCUT2D eigenvalue weighted by atomic mass is 16.2. The largest absolute Gasteiger partial charge is 0.331 e. The van der Waals surface area contributed by atoms with Gasteiger partial charge in [0.2, 0.25) is 0 Å². The molecule has 4 heteroatoms. The Morgan fingerprint density at radius 3 is 2.36 bits per heavy atom. The topological polar surface area (TPSA) is 44.4 Å². The van der Waals surface area contributed by atoms with E-state index in [1.165, 1.54) is 11.1 Å². The number of carbonyl (C=O) groups excluding carboxylic acids is 1. The molecule has 2 saturated heterocycles. The fraction of sp³-hybridized carbons (Fsp3) is 0.611. The zero-order chi connectivity index (χ0) is 15.8. The summed E-state index contributed by atoms with van der Waals surface area (Å²) in [4.78, 5) is 14.2. The number of hydrogen-bond acceptors (Lipinski definition) is 2. The van der Waals surface area contributed by atoms with E-state index in [0.717, 1.165) is 32.5 Å². The Morgan fingerprint density at radius 1 is 1.14 bits per heavy atom. The number of rotatable bonds is 2. The lowest BCUT2D eigenvalue weighted by Crippen LogP contribution is -2.51. The minimum atomic E-state index is -0.00627. The fourth-order valence-corrected chi connectivity index (χ4v) is 3.43. The molecule has 0 aromatic heterocycles. The first-order chi connectivity index (χ1) is 10.4. The van der Waals surface area contributed by atoms with Crippen LogP contribution in [0, 0.1) is 0 Å². The van der Waals surface area contributed by atoms with Gasteiger partial charge in [-0.25, -0.2) is 4.79 Å². The van der Waals surface area contributed by atoms with Crippen molar-refractivity contribution in [1.29, 1.82) is 0 Å². The molecular weight excluding hydrogens is 274 g/mol. The predicted octanol–water partition coefficient (Wildman–Crippen LogP) is 2.63. The molecule has 3 rings (SSSR count). The first kappa shape index (κ1) is 15.3. The zero-order valence-electron chi connectivity index (χ0n) is 13.9. The van der Waals surface area contributed by atoms with Gasteiger partial charge in [0, 0.05) is 13.1 Å². The highest BCUT2D eigenvalue weighted by Gasteiger charge is 2.42. The van der Waals surface area contributed by atoms with Gasteiger partial charge < -0.3 is 15.5 Å². The molecule has 2 fully saturated rings. The summed E-state index contributed by atoms with van der Waals surface area (Å²) in [6.45, 7) is 10.2. The minimum absolute atomic E-state index is 0.00627. The molecule has 0 aliphatic carbocycles. The number of benzene rings is 1. The van der Waals surface area contributed by atoms with Crippen LogP contribution in [0.2, 0.25) is 0 Å². The van der Waals surface area contributed by atoms with Crippen molar-refractivity contribution in [3.8, 4) is 0 Å². The molecular formula is C18H27N3O. The van der Waals surface area contributed by atoms with Crippen LogP contribution in [0.25, 0.3) is 0 Å². The van der Waals surface area contributed by atoms with Crippen molar-refractivity contribution in [3.63, 3.8) is 0 Å². The van der Waals surface area contributed by atoms with Crippen LogP contribution in [0.3, 0.4) is 0 Å². The molecule has 0 saturated carbocycles. The van der Waals surface area contributed by atoms with E-state index in [1.54, 1.807) is 0 Å². The lowest BCUT2D eigenvalue weighted by atomic mass is 9.86. The highest BCUT2D eigenvalue weighted by Crippen LogP contribution is 2.27. The summed E-state index contributed by atoms with van der Waals surface area (Å²) in [6, 6.07) is 8.76. The van der Waals surface area contributed by atoms with Gasteiger partial charge in [0.15, 0.2) is 0 Å². The molecule has 2 aliphatic rings. The van der Waals surface area contributed by atoms with Gasteiger partial charge in [-0.3, -0.25) is 0 Å². The molecule has 1 aromatic carbocycles. The maximum absolute atomic E-state index is 12.3. The Morgan fingerprint density at radius 2 is 1.77 bits per heavy atom. The molecule has 2 amide bonds. The van der Waals surface area contributed by atoms with Crippen molar-refractivity contribution in [3.05, 3.63) is 35.4 Å². The van der Waals surface area contributed by atoms with Gasteiger partial charge >= 0.3 is 6.03 Å². The Balaban J connectivity index is 1.67. The quantitative estimate of drug-likeness (QED) is 0.882. The molecule has 0 radical (unpaired) electrons. The monoisotopic (exact) mass is 301 g/mol. The fourth-order valence-electron chi connectivity index (χ4n) is 3.43. The predicted molar refractivity (Wildman–Crippen MR) is 88.9 cm³/mol. The zero-order valence-corrected chi connectivity index (χ0v) is 13.9. The number of hydrogen-bond donors (Lipinski definition) is 2. The summed E-state index contributed by atoms with van der Waals surface area (Å²) in [5, 5.41) is 6.59. The van der Waals surface area contributed by atoms with Crippen molar-refractivity contribution < 1.29 is 4.79 Å². The third-order valence-corrected chi connectivity index (χ3v) is 4.91. The van der Waals surface area contributed by atoms with Crippen molar-refractivity contribution >= 4 is 6.03 Å². The molecule has 4 nitrogen and oxygen atoms in total. The summed E-state index contributed by atoms with van der Waals surface area (Å²) in [5.41, 5.74) is 2.70. The van der Waals surface area contributed by atoms with Crippen LogP contribution in [0.4, 0.5) is 4.79 Å². The molecule has 2 heterocycles. The standard InChI is InChI=1S/C18H27N3O/c1-17(2,3)15-6-4-14(5-7-15)12-21-13-18(20-16(21)22)8-10-19-11-9-18/h4-7,19H,8-13H2,1-3H3,(H,20,22). The average molecular weight is 301 g/mol. The Kier molecular flexibility index (Phi) is 3.89. The summed E-state index contributed by atoms with van der Waals surface area (Å²) in [5.74, 6) is 0. The smallest absolute Gasteiger partial charge is 0.318 e. The van der Waals surface area contributed by atoms with Gasteiger partial charge in [-0.15, -0.1) is 0 Å². The second-order valence-corrected chi connectivity index (χ2v) is 7.76. The molecule has 120 valence electrons. The van der Waals surface area contributed by atoms with E-state index in [2.05, 4.69) is 55.7 Å². The molecule has 0 atom stereocenters. The normalized spacial score (nSPS) is 21.2. The Hall–Kier alpha value is -1.55. The third-order valence-electron chi connectivity index (χ3n) is 4.91. The maximum Gasteiger partial charge on any atom is 0.318 e. The van der Waals surface area contributed by atoms with Crippen LogP contribution in [0.1, 0.15) is 44.7 Å². The van der Waals surface area contributed by atoms with Gasteiger partial charge in [-0.05, 0) is 42.5 Å². The van der Waals surface area contributed by atoms with E-state index in [-0.39, 0.29) is 17.0 Å². The molecule has 0 unspecified atom stereocenters. The molecule has 0 bridgehead atoms. The number of piperidine rings is 1. The summed E-state index contributed by atoms with van der Waals surface area (Å²) in [7, 11) is 0. The number of carbonyl (C=O) groups is 1. The van der Waals surface area contributed by atoms with Gasteiger partial charge in [0.1, 0.15) is 0 Å². The van der Waals surface area contributed by atoms with Crippen LogP contribution < -0.4 is 10.6 Å². The Labute approximate surface area is 133 Å². The molecule has 22 heavy (non-hydrogen) atoms. The molecule has 1 aromatic rings. The molecule has 2 aliphatic heterocycles. The van der Waals surface area contributed by atoms with E-state index in [4.69, 9.17) is 0 Å². The summed E-state index contributed by atoms with van der Waals surface area (Å²) in [6.07, 6.45) is 2.05. The first-order valence-corrected chi connectivity index (χ1v) is 8.25. The van der Waals surface area contributed by atoms with E-state index >= 15 is 0 Å². The third kappa shape index (κ3) is 3.12. The van der Waals surface area contributed by atoms with Gasteiger partial charge in [-0.2, -0.15) is 0 Å². The summed E-state index contributed by atoms with van der Waals surface area (Å²) >= 11 is 0. The van der Waals surface area contributed by atoms with Crippen molar-refractivity contribution in [2.45, 2.75) is 51.1 Å². The highest BCUT2D eigenvalue weighted by molar-refractivity contribution is 5.78. The number of nitrogens with one attached hydrogen (secondary N) is 2. The van der Waals surface area contributed by atoms with Gasteiger partial charge in [0.05, 0.1) is 5.54 Å². The average Bonchev–Trinajstić information content (AvgIpc) is 2.75. The number of urea groups is 1. The van der Waals surface area contributed by atoms with E-state index in [0.29, 0.717) is 6.54 Å². The molecule has 2 N–H and O–H groups in total. The summed E-state index contributed by atoms with van der Waals surface area (Å²) < 4.78 is 0. The van der Waals surface area contributed by atoms with Crippen molar-refractivity contribution in [2.75, 3.05) is 19.6 Å². The SMILES string of the molecule is CC(C)(C)c1ccc(CN2CC3(CCNCC3)NC2=O)cc1. The Bertz CT molecular complexity index is 538. The van der Waals surface area contributed by atoms with Crippen molar-refractivity contribution in [1.82, 2.24) is 15.5 Å². The first-order valence-electron chi connectivity index (χ1n) is 8.25. The number of nitrogens with zero attached hydrogens (tertiary/aromatic N) is 1. The van der Waals surface area contributed by atoms with Gasteiger partial charge in [-0.1, -0.05) is 45.0 Å². The minimum Gasteiger partial charge on any atom is -0.331 e. The van der Waals surface area contributed by atoms with Crippen LogP contribution in [-0.4, -0.2) is 36.1 Å². The second kappa shape index (κ2) is 5.58. The second-order valence-electron chi connectivity index (χ2n) is 7.76. The van der Waals surface area contributed by atoms with Gasteiger partial charge in [0.25, 0.3) is 0 Å². The lowest BCUT2D eigenvalue weighted by molar-refractivity contribution is 0.215.